The molecule has 1 fully saturated rings. The first-order chi connectivity index (χ1) is 16.4. The van der Waals surface area contributed by atoms with Crippen molar-refractivity contribution in [2.75, 3.05) is 33.9 Å². The van der Waals surface area contributed by atoms with Crippen LogP contribution < -0.4 is 10.1 Å². The molecule has 3 aromatic rings. The summed E-state index contributed by atoms with van der Waals surface area (Å²) in [6.07, 6.45) is 1.25. The average Bonchev–Trinajstić information content (AvgIpc) is 3.28. The van der Waals surface area contributed by atoms with E-state index in [-0.39, 0.29) is 17.3 Å². The number of methoxy groups -OCH3 is 2. The molecule has 2 aromatic carbocycles. The van der Waals surface area contributed by atoms with Crippen LogP contribution in [0.25, 0.3) is 11.0 Å². The minimum atomic E-state index is -3.77. The summed E-state index contributed by atoms with van der Waals surface area (Å²) >= 11 is 0. The van der Waals surface area contributed by atoms with Gasteiger partial charge in [-0.05, 0) is 37.1 Å². The van der Waals surface area contributed by atoms with Gasteiger partial charge in [-0.2, -0.15) is 4.31 Å². The van der Waals surface area contributed by atoms with Gasteiger partial charge in [-0.1, -0.05) is 23.4 Å². The van der Waals surface area contributed by atoms with Gasteiger partial charge >= 0.3 is 0 Å². The number of aromatic nitrogens is 3. The molecular formula is C23H29N5O5S. The lowest BCUT2D eigenvalue weighted by Crippen LogP contribution is -2.45. The Morgan fingerprint density at radius 1 is 1.21 bits per heavy atom. The molecule has 10 nitrogen and oxygen atoms in total. The molecule has 1 saturated heterocycles. The fourth-order valence-corrected chi connectivity index (χ4v) is 5.70. The molecule has 1 atom stereocenters. The van der Waals surface area contributed by atoms with Crippen LogP contribution in [-0.2, 0) is 32.6 Å². The average molecular weight is 488 g/mol. The number of piperidine rings is 1. The Morgan fingerprint density at radius 2 is 2.03 bits per heavy atom. The first-order valence-corrected chi connectivity index (χ1v) is 12.6. The Bertz CT molecular complexity index is 1260. The van der Waals surface area contributed by atoms with E-state index in [0.717, 1.165) is 11.1 Å². The minimum absolute atomic E-state index is 0.138. The molecule has 0 bridgehead atoms. The van der Waals surface area contributed by atoms with Gasteiger partial charge in [-0.15, -0.1) is 5.10 Å². The maximum absolute atomic E-state index is 13.3. The lowest BCUT2D eigenvalue weighted by Gasteiger charge is -2.31. The smallest absolute Gasteiger partial charge is 0.243 e. The van der Waals surface area contributed by atoms with Crippen LogP contribution in [0.2, 0.25) is 0 Å². The number of hydrogen-bond donors (Lipinski definition) is 1. The first kappa shape index (κ1) is 24.1. The molecule has 0 radical (unpaired) electrons. The SMILES string of the molecule is COCCn1nnc2cc(S(=O)(=O)N3CCC[C@H](C(=O)NCc4ccccc4OC)C3)ccc21. The van der Waals surface area contributed by atoms with Gasteiger partial charge in [0.2, 0.25) is 15.9 Å². The number of carbonyl (C=O) groups excluding carboxylic acids is 1. The highest BCUT2D eigenvalue weighted by molar-refractivity contribution is 7.89. The van der Waals surface area contributed by atoms with Crippen molar-refractivity contribution < 1.29 is 22.7 Å². The Balaban J connectivity index is 1.44. The van der Waals surface area contributed by atoms with Gasteiger partial charge in [0.05, 0.1) is 36.6 Å². The van der Waals surface area contributed by atoms with Gasteiger partial charge in [0.25, 0.3) is 0 Å². The van der Waals surface area contributed by atoms with Crippen LogP contribution in [0.4, 0.5) is 0 Å². The number of ether oxygens (including phenoxy) is 2. The lowest BCUT2D eigenvalue weighted by molar-refractivity contribution is -0.126. The molecule has 1 N–H and O–H groups in total. The number of nitrogens with one attached hydrogen (secondary N) is 1. The highest BCUT2D eigenvalue weighted by atomic mass is 32.2. The van der Waals surface area contributed by atoms with E-state index >= 15 is 0 Å². The summed E-state index contributed by atoms with van der Waals surface area (Å²) in [4.78, 5) is 13.0. The summed E-state index contributed by atoms with van der Waals surface area (Å²) in [6, 6.07) is 12.3. The number of carbonyl (C=O) groups is 1. The maximum Gasteiger partial charge on any atom is 0.243 e. The highest BCUT2D eigenvalue weighted by Crippen LogP contribution is 2.26. The van der Waals surface area contributed by atoms with Crippen molar-refractivity contribution in [3.8, 4) is 5.75 Å². The number of benzene rings is 2. The normalized spacial score (nSPS) is 17.1. The van der Waals surface area contributed by atoms with Crippen LogP contribution in [0.5, 0.6) is 5.75 Å². The van der Waals surface area contributed by atoms with E-state index in [0.29, 0.717) is 50.3 Å². The summed E-state index contributed by atoms with van der Waals surface area (Å²) in [5.74, 6) is 0.115. The molecule has 2 heterocycles. The van der Waals surface area contributed by atoms with Crippen LogP contribution in [0.1, 0.15) is 18.4 Å². The van der Waals surface area contributed by atoms with Gasteiger partial charge in [0.15, 0.2) is 0 Å². The number of nitrogens with zero attached hydrogens (tertiary/aromatic N) is 4. The Kier molecular flexibility index (Phi) is 7.44. The molecule has 0 aliphatic carbocycles. The van der Waals surface area contributed by atoms with Crippen LogP contribution in [0.3, 0.4) is 0 Å². The lowest BCUT2D eigenvalue weighted by atomic mass is 9.98. The van der Waals surface area contributed by atoms with Gasteiger partial charge in [-0.25, -0.2) is 13.1 Å². The third-order valence-electron chi connectivity index (χ3n) is 6.03. The van der Waals surface area contributed by atoms with E-state index in [2.05, 4.69) is 15.6 Å². The molecule has 1 aliphatic rings. The van der Waals surface area contributed by atoms with Crippen molar-refractivity contribution >= 4 is 27.0 Å². The number of hydrogen-bond acceptors (Lipinski definition) is 7. The molecule has 4 rings (SSSR count). The quantitative estimate of drug-likeness (QED) is 0.489. The monoisotopic (exact) mass is 487 g/mol. The van der Waals surface area contributed by atoms with Crippen molar-refractivity contribution in [1.29, 1.82) is 0 Å². The summed E-state index contributed by atoms with van der Waals surface area (Å²) < 4.78 is 40.2. The third kappa shape index (κ3) is 5.06. The van der Waals surface area contributed by atoms with Crippen molar-refractivity contribution in [2.45, 2.75) is 30.8 Å². The number of fused-ring (bicyclic) bond motifs is 1. The van der Waals surface area contributed by atoms with E-state index in [4.69, 9.17) is 9.47 Å². The number of amides is 1. The molecule has 1 amide bonds. The van der Waals surface area contributed by atoms with Gasteiger partial charge < -0.3 is 14.8 Å². The van der Waals surface area contributed by atoms with E-state index in [1.807, 2.05) is 24.3 Å². The topological polar surface area (TPSA) is 116 Å². The molecular weight excluding hydrogens is 458 g/mol. The zero-order valence-electron chi connectivity index (χ0n) is 19.3. The second-order valence-electron chi connectivity index (χ2n) is 8.19. The van der Waals surface area contributed by atoms with Crippen molar-refractivity contribution in [3.63, 3.8) is 0 Å². The second kappa shape index (κ2) is 10.5. The van der Waals surface area contributed by atoms with Crippen LogP contribution in [0, 0.1) is 5.92 Å². The number of sulfonamides is 1. The van der Waals surface area contributed by atoms with Gasteiger partial charge in [-0.3, -0.25) is 4.79 Å². The second-order valence-corrected chi connectivity index (χ2v) is 10.1. The fraction of sp³-hybridized carbons (Fsp3) is 0.435. The predicted octanol–water partition coefficient (Wildman–Crippen LogP) is 1.80. The Hall–Kier alpha value is -3.02. The van der Waals surface area contributed by atoms with E-state index in [1.54, 1.807) is 31.0 Å². The number of para-hydroxylation sites is 1. The minimum Gasteiger partial charge on any atom is -0.496 e. The van der Waals surface area contributed by atoms with E-state index < -0.39 is 15.9 Å². The molecule has 0 saturated carbocycles. The molecule has 1 aliphatic heterocycles. The highest BCUT2D eigenvalue weighted by Gasteiger charge is 2.33. The van der Waals surface area contributed by atoms with Crippen LogP contribution in [0.15, 0.2) is 47.4 Å². The van der Waals surface area contributed by atoms with Crippen LogP contribution >= 0.6 is 0 Å². The van der Waals surface area contributed by atoms with Crippen molar-refractivity contribution in [3.05, 3.63) is 48.0 Å². The predicted molar refractivity (Wildman–Crippen MR) is 126 cm³/mol. The molecule has 0 unspecified atom stereocenters. The zero-order chi connectivity index (χ0) is 24.1. The molecule has 34 heavy (non-hydrogen) atoms. The fourth-order valence-electron chi connectivity index (χ4n) is 4.15. The van der Waals surface area contributed by atoms with Crippen molar-refractivity contribution in [2.24, 2.45) is 5.92 Å². The standard InChI is InChI=1S/C23H29N5O5S/c1-32-13-12-28-21-10-9-19(14-20(21)25-26-28)34(30,31)27-11-5-7-18(16-27)23(29)24-15-17-6-3-4-8-22(17)33-2/h3-4,6,8-10,14,18H,5,7,11-13,15-16H2,1-2H3,(H,24,29)/t18-/m0/s1. The molecule has 1 aromatic heterocycles. The molecule has 182 valence electrons. The Morgan fingerprint density at radius 3 is 2.82 bits per heavy atom. The summed E-state index contributed by atoms with van der Waals surface area (Å²) in [5.41, 5.74) is 2.11. The first-order valence-electron chi connectivity index (χ1n) is 11.2. The summed E-state index contributed by atoms with van der Waals surface area (Å²) in [7, 11) is -0.583. The van der Waals surface area contributed by atoms with Crippen LogP contribution in [-0.4, -0.2) is 67.5 Å². The summed E-state index contributed by atoms with van der Waals surface area (Å²) in [6.45, 7) is 1.83. The van der Waals surface area contributed by atoms with E-state index in [1.165, 1.54) is 10.4 Å². The van der Waals surface area contributed by atoms with E-state index in [9.17, 15) is 13.2 Å². The largest absolute Gasteiger partial charge is 0.496 e. The van der Waals surface area contributed by atoms with Gasteiger partial charge in [0, 0.05) is 32.3 Å². The number of rotatable bonds is 9. The molecule has 0 spiro atoms. The Labute approximate surface area is 198 Å². The third-order valence-corrected chi connectivity index (χ3v) is 7.89. The zero-order valence-corrected chi connectivity index (χ0v) is 20.1. The van der Waals surface area contributed by atoms with Gasteiger partial charge in [0.1, 0.15) is 11.3 Å². The maximum atomic E-state index is 13.3. The molecule has 11 heteroatoms. The summed E-state index contributed by atoms with van der Waals surface area (Å²) in [5, 5.41) is 11.1. The van der Waals surface area contributed by atoms with Crippen molar-refractivity contribution in [1.82, 2.24) is 24.6 Å².